The second-order valence-corrected chi connectivity index (χ2v) is 4.52. The molecule has 0 aromatic heterocycles. The van der Waals surface area contributed by atoms with Crippen molar-refractivity contribution in [3.63, 3.8) is 0 Å². The summed E-state index contributed by atoms with van der Waals surface area (Å²) >= 11 is 0. The fourth-order valence-corrected chi connectivity index (χ4v) is 2.04. The van der Waals surface area contributed by atoms with Crippen LogP contribution in [0.3, 0.4) is 0 Å². The Morgan fingerprint density at radius 2 is 2.24 bits per heavy atom. The number of hydrogen-bond donors (Lipinski definition) is 2. The van der Waals surface area contributed by atoms with Gasteiger partial charge in [-0.2, -0.15) is 0 Å². The van der Waals surface area contributed by atoms with E-state index in [1.807, 2.05) is 13.0 Å². The highest BCUT2D eigenvalue weighted by atomic mass is 16.5. The minimum absolute atomic E-state index is 0.0896. The van der Waals surface area contributed by atoms with Gasteiger partial charge in [-0.3, -0.25) is 0 Å². The molecule has 0 heterocycles. The molecule has 17 heavy (non-hydrogen) atoms. The predicted octanol–water partition coefficient (Wildman–Crippen LogP) is 1.94. The zero-order chi connectivity index (χ0) is 12.3. The lowest BCUT2D eigenvalue weighted by Crippen LogP contribution is -2.26. The van der Waals surface area contributed by atoms with Crippen molar-refractivity contribution >= 4 is 5.84 Å². The number of fused-ring (bicyclic) bond motifs is 1. The molecule has 0 amide bonds. The SMILES string of the molecule is CC(COc1ccc2c(c1)CCC2)/C(N)=N/O. The van der Waals surface area contributed by atoms with E-state index in [1.54, 1.807) is 0 Å². The maximum atomic E-state index is 8.54. The molecule has 4 nitrogen and oxygen atoms in total. The van der Waals surface area contributed by atoms with Gasteiger partial charge in [-0.25, -0.2) is 0 Å². The molecule has 0 aliphatic heterocycles. The summed E-state index contributed by atoms with van der Waals surface area (Å²) in [5, 5.41) is 11.5. The molecule has 1 aromatic rings. The minimum Gasteiger partial charge on any atom is -0.493 e. The van der Waals surface area contributed by atoms with Crippen molar-refractivity contribution in [2.24, 2.45) is 16.8 Å². The Hall–Kier alpha value is -1.71. The van der Waals surface area contributed by atoms with Gasteiger partial charge in [0.05, 0.1) is 12.5 Å². The molecule has 2 rings (SSSR count). The monoisotopic (exact) mass is 234 g/mol. The molecule has 1 unspecified atom stereocenters. The molecule has 4 heteroatoms. The third-order valence-electron chi connectivity index (χ3n) is 3.19. The molecule has 1 aliphatic rings. The van der Waals surface area contributed by atoms with Gasteiger partial charge in [0.25, 0.3) is 0 Å². The van der Waals surface area contributed by atoms with E-state index in [0.717, 1.165) is 12.2 Å². The third kappa shape index (κ3) is 2.70. The van der Waals surface area contributed by atoms with Gasteiger partial charge >= 0.3 is 0 Å². The average Bonchev–Trinajstić information content (AvgIpc) is 2.82. The van der Waals surface area contributed by atoms with Crippen LogP contribution in [-0.2, 0) is 12.8 Å². The van der Waals surface area contributed by atoms with E-state index in [0.29, 0.717) is 6.61 Å². The van der Waals surface area contributed by atoms with Crippen molar-refractivity contribution in [3.05, 3.63) is 29.3 Å². The first kappa shape index (κ1) is 11.8. The molecule has 0 saturated heterocycles. The number of nitrogens with two attached hydrogens (primary N) is 1. The predicted molar refractivity (Wildman–Crippen MR) is 66.5 cm³/mol. The number of benzene rings is 1. The van der Waals surface area contributed by atoms with E-state index in [-0.39, 0.29) is 11.8 Å². The van der Waals surface area contributed by atoms with E-state index in [4.69, 9.17) is 15.7 Å². The largest absolute Gasteiger partial charge is 0.493 e. The standard InChI is InChI=1S/C13H18N2O2/c1-9(13(14)15-16)8-17-12-6-5-10-3-2-4-11(10)7-12/h5-7,9,16H,2-4,8H2,1H3,(H2,14,15). The fraction of sp³-hybridized carbons (Fsp3) is 0.462. The van der Waals surface area contributed by atoms with E-state index in [1.165, 1.54) is 24.0 Å². The Bertz CT molecular complexity index is 429. The molecule has 92 valence electrons. The molecule has 3 N–H and O–H groups in total. The Kier molecular flexibility index (Phi) is 3.52. The topological polar surface area (TPSA) is 67.8 Å². The van der Waals surface area contributed by atoms with Crippen LogP contribution in [0.1, 0.15) is 24.5 Å². The minimum atomic E-state index is -0.0896. The second-order valence-electron chi connectivity index (χ2n) is 4.52. The van der Waals surface area contributed by atoms with Crippen molar-refractivity contribution in [3.8, 4) is 5.75 Å². The molecule has 1 aromatic carbocycles. The van der Waals surface area contributed by atoms with Crippen LogP contribution in [0, 0.1) is 5.92 Å². The number of oxime groups is 1. The summed E-state index contributed by atoms with van der Waals surface area (Å²) in [6, 6.07) is 6.22. The summed E-state index contributed by atoms with van der Waals surface area (Å²) < 4.78 is 5.64. The summed E-state index contributed by atoms with van der Waals surface area (Å²) in [7, 11) is 0. The lowest BCUT2D eigenvalue weighted by atomic mass is 10.1. The van der Waals surface area contributed by atoms with Crippen molar-refractivity contribution in [2.75, 3.05) is 6.61 Å². The van der Waals surface area contributed by atoms with Crippen LogP contribution in [0.4, 0.5) is 0 Å². The average molecular weight is 234 g/mol. The zero-order valence-electron chi connectivity index (χ0n) is 10.0. The van der Waals surface area contributed by atoms with Crippen LogP contribution in [0.15, 0.2) is 23.4 Å². The van der Waals surface area contributed by atoms with Crippen molar-refractivity contribution in [2.45, 2.75) is 26.2 Å². The van der Waals surface area contributed by atoms with Crippen LogP contribution in [-0.4, -0.2) is 17.6 Å². The number of aryl methyl sites for hydroxylation is 2. The molecule has 0 fully saturated rings. The van der Waals surface area contributed by atoms with Gasteiger partial charge < -0.3 is 15.7 Å². The lowest BCUT2D eigenvalue weighted by molar-refractivity contribution is 0.279. The second kappa shape index (κ2) is 5.08. The molecule has 0 radical (unpaired) electrons. The van der Waals surface area contributed by atoms with Gasteiger partial charge in [-0.15, -0.1) is 0 Å². The maximum Gasteiger partial charge on any atom is 0.145 e. The maximum absolute atomic E-state index is 8.54. The fourth-order valence-electron chi connectivity index (χ4n) is 2.04. The van der Waals surface area contributed by atoms with E-state index in [2.05, 4.69) is 17.3 Å². The first-order chi connectivity index (χ1) is 8.20. The van der Waals surface area contributed by atoms with Crippen LogP contribution in [0.5, 0.6) is 5.75 Å². The number of hydrogen-bond acceptors (Lipinski definition) is 3. The van der Waals surface area contributed by atoms with Crippen molar-refractivity contribution in [1.29, 1.82) is 0 Å². The van der Waals surface area contributed by atoms with Gasteiger partial charge in [0.2, 0.25) is 0 Å². The Balaban J connectivity index is 1.96. The van der Waals surface area contributed by atoms with Gasteiger partial charge in [-0.05, 0) is 42.5 Å². The highest BCUT2D eigenvalue weighted by Gasteiger charge is 2.12. The summed E-state index contributed by atoms with van der Waals surface area (Å²) in [5.74, 6) is 0.975. The highest BCUT2D eigenvalue weighted by Crippen LogP contribution is 2.26. The summed E-state index contributed by atoms with van der Waals surface area (Å²) in [6.07, 6.45) is 3.55. The smallest absolute Gasteiger partial charge is 0.145 e. The third-order valence-corrected chi connectivity index (χ3v) is 3.19. The Morgan fingerprint density at radius 1 is 1.47 bits per heavy atom. The lowest BCUT2D eigenvalue weighted by Gasteiger charge is -2.12. The van der Waals surface area contributed by atoms with Crippen molar-refractivity contribution < 1.29 is 9.94 Å². The van der Waals surface area contributed by atoms with Crippen molar-refractivity contribution in [1.82, 2.24) is 0 Å². The number of nitrogens with zero attached hydrogens (tertiary/aromatic N) is 1. The normalized spacial score (nSPS) is 16.6. The number of amidine groups is 1. The summed E-state index contributed by atoms with van der Waals surface area (Å²) in [4.78, 5) is 0. The Morgan fingerprint density at radius 3 is 3.00 bits per heavy atom. The van der Waals surface area contributed by atoms with Crippen LogP contribution in [0.2, 0.25) is 0 Å². The van der Waals surface area contributed by atoms with E-state index < -0.39 is 0 Å². The zero-order valence-corrected chi connectivity index (χ0v) is 10.0. The molecule has 1 atom stereocenters. The number of ether oxygens (including phenoxy) is 1. The molecular formula is C13H18N2O2. The van der Waals surface area contributed by atoms with Gasteiger partial charge in [0.15, 0.2) is 0 Å². The highest BCUT2D eigenvalue weighted by molar-refractivity contribution is 5.81. The quantitative estimate of drug-likeness (QED) is 0.362. The van der Waals surface area contributed by atoms with Crippen LogP contribution >= 0.6 is 0 Å². The number of rotatable bonds is 4. The molecular weight excluding hydrogens is 216 g/mol. The molecule has 0 bridgehead atoms. The molecule has 0 saturated carbocycles. The summed E-state index contributed by atoms with van der Waals surface area (Å²) in [5.41, 5.74) is 8.31. The van der Waals surface area contributed by atoms with Gasteiger partial charge in [0.1, 0.15) is 11.6 Å². The van der Waals surface area contributed by atoms with Crippen LogP contribution < -0.4 is 10.5 Å². The van der Waals surface area contributed by atoms with E-state index >= 15 is 0 Å². The first-order valence-corrected chi connectivity index (χ1v) is 5.92. The molecule has 1 aliphatic carbocycles. The Labute approximate surface area is 101 Å². The van der Waals surface area contributed by atoms with Gasteiger partial charge in [-0.1, -0.05) is 18.1 Å². The van der Waals surface area contributed by atoms with Crippen LogP contribution in [0.25, 0.3) is 0 Å². The summed E-state index contributed by atoms with van der Waals surface area (Å²) in [6.45, 7) is 2.29. The molecule has 0 spiro atoms. The first-order valence-electron chi connectivity index (χ1n) is 5.92. The van der Waals surface area contributed by atoms with Gasteiger partial charge in [0, 0.05) is 0 Å². The van der Waals surface area contributed by atoms with E-state index in [9.17, 15) is 0 Å².